The second-order valence-electron chi connectivity index (χ2n) is 6.28. The number of ether oxygens (including phenoxy) is 1. The number of methoxy groups -OCH3 is 1. The van der Waals surface area contributed by atoms with E-state index in [9.17, 15) is 9.18 Å². The number of hydrogen-bond donors (Lipinski definition) is 2. The van der Waals surface area contributed by atoms with E-state index in [0.717, 1.165) is 43.7 Å². The zero-order chi connectivity index (χ0) is 16.3. The minimum Gasteiger partial charge on any atom is -0.384 e. The summed E-state index contributed by atoms with van der Waals surface area (Å²) in [7, 11) is 1.64. The van der Waals surface area contributed by atoms with E-state index in [2.05, 4.69) is 10.6 Å². The number of fused-ring (bicyclic) bond motifs is 1. The molecule has 7 heteroatoms. The molecule has 134 valence electrons. The van der Waals surface area contributed by atoms with Crippen molar-refractivity contribution in [2.75, 3.05) is 32.6 Å². The predicted octanol–water partition coefficient (Wildman–Crippen LogP) is 2.92. The number of rotatable bonds is 4. The van der Waals surface area contributed by atoms with Crippen LogP contribution in [0.1, 0.15) is 30.9 Å². The van der Waals surface area contributed by atoms with Crippen molar-refractivity contribution >= 4 is 30.1 Å². The monoisotopic (exact) mass is 374 g/mol. The average molecular weight is 375 g/mol. The van der Waals surface area contributed by atoms with E-state index in [1.165, 1.54) is 17.8 Å². The number of piperidine rings is 1. The molecule has 4 nitrogen and oxygen atoms in total. The van der Waals surface area contributed by atoms with Crippen LogP contribution in [0, 0.1) is 11.2 Å². The molecular formula is C17H24ClFN2O2S. The Kier molecular flexibility index (Phi) is 6.92. The van der Waals surface area contributed by atoms with E-state index < -0.39 is 5.41 Å². The normalized spacial score (nSPS) is 22.2. The van der Waals surface area contributed by atoms with Crippen LogP contribution in [0.4, 0.5) is 4.39 Å². The van der Waals surface area contributed by atoms with E-state index in [1.54, 1.807) is 13.2 Å². The maximum Gasteiger partial charge on any atom is 0.229 e. The second kappa shape index (κ2) is 8.52. The largest absolute Gasteiger partial charge is 0.384 e. The van der Waals surface area contributed by atoms with Crippen LogP contribution in [0.25, 0.3) is 0 Å². The van der Waals surface area contributed by atoms with E-state index >= 15 is 0 Å². The molecule has 2 aliphatic rings. The Morgan fingerprint density at radius 1 is 1.46 bits per heavy atom. The van der Waals surface area contributed by atoms with Gasteiger partial charge < -0.3 is 15.4 Å². The van der Waals surface area contributed by atoms with Crippen molar-refractivity contribution in [2.45, 2.75) is 30.2 Å². The van der Waals surface area contributed by atoms with Crippen molar-refractivity contribution in [2.24, 2.45) is 5.41 Å². The minimum atomic E-state index is -0.474. The lowest BCUT2D eigenvalue weighted by atomic mass is 9.78. The van der Waals surface area contributed by atoms with Gasteiger partial charge in [0.15, 0.2) is 0 Å². The molecule has 0 aliphatic carbocycles. The number of carbonyl (C=O) groups excluding carboxylic acids is 1. The Hall–Kier alpha value is -0.820. The molecule has 1 fully saturated rings. The molecule has 0 bridgehead atoms. The Labute approximate surface area is 152 Å². The van der Waals surface area contributed by atoms with Gasteiger partial charge in [-0.25, -0.2) is 4.39 Å². The first-order valence-electron chi connectivity index (χ1n) is 8.08. The Bertz CT molecular complexity index is 576. The lowest BCUT2D eigenvalue weighted by Gasteiger charge is -2.37. The zero-order valence-corrected chi connectivity index (χ0v) is 15.4. The SMILES string of the molecule is COCC1(C(=O)NC2CCSc3c(F)cccc32)CCNCC1.Cl. The smallest absolute Gasteiger partial charge is 0.229 e. The molecule has 3 rings (SSSR count). The fourth-order valence-corrected chi connectivity index (χ4v) is 4.61. The maximum absolute atomic E-state index is 14.0. The van der Waals surface area contributed by atoms with E-state index in [0.29, 0.717) is 11.5 Å². The average Bonchev–Trinajstić information content (AvgIpc) is 2.57. The van der Waals surface area contributed by atoms with Gasteiger partial charge in [0, 0.05) is 17.8 Å². The summed E-state index contributed by atoms with van der Waals surface area (Å²) >= 11 is 1.53. The number of nitrogens with one attached hydrogen (secondary N) is 2. The van der Waals surface area contributed by atoms with Crippen LogP contribution in [-0.4, -0.2) is 38.5 Å². The summed E-state index contributed by atoms with van der Waals surface area (Å²) in [6.45, 7) is 2.07. The van der Waals surface area contributed by atoms with Gasteiger partial charge in [0.05, 0.1) is 18.1 Å². The molecule has 0 saturated carbocycles. The van der Waals surface area contributed by atoms with Crippen LogP contribution in [0.2, 0.25) is 0 Å². The Balaban J connectivity index is 0.00000208. The van der Waals surface area contributed by atoms with Crippen LogP contribution in [0.3, 0.4) is 0 Å². The van der Waals surface area contributed by atoms with Crippen molar-refractivity contribution < 1.29 is 13.9 Å². The van der Waals surface area contributed by atoms with Gasteiger partial charge in [-0.2, -0.15) is 0 Å². The summed E-state index contributed by atoms with van der Waals surface area (Å²) in [4.78, 5) is 13.6. The third-order valence-corrected chi connectivity index (χ3v) is 5.95. The summed E-state index contributed by atoms with van der Waals surface area (Å²) in [6.07, 6.45) is 2.36. The van der Waals surface area contributed by atoms with Crippen LogP contribution in [-0.2, 0) is 9.53 Å². The van der Waals surface area contributed by atoms with E-state index in [4.69, 9.17) is 4.74 Å². The minimum absolute atomic E-state index is 0. The highest BCUT2D eigenvalue weighted by Crippen LogP contribution is 2.39. The van der Waals surface area contributed by atoms with Gasteiger partial charge in [-0.15, -0.1) is 24.2 Å². The molecule has 2 heterocycles. The number of thioether (sulfide) groups is 1. The first kappa shape index (κ1) is 19.5. The first-order chi connectivity index (χ1) is 11.2. The first-order valence-corrected chi connectivity index (χ1v) is 9.07. The highest BCUT2D eigenvalue weighted by atomic mass is 35.5. The molecule has 1 unspecified atom stereocenters. The van der Waals surface area contributed by atoms with Crippen LogP contribution < -0.4 is 10.6 Å². The van der Waals surface area contributed by atoms with Gasteiger partial charge in [-0.05, 0) is 44.0 Å². The van der Waals surface area contributed by atoms with Gasteiger partial charge in [-0.1, -0.05) is 12.1 Å². The third-order valence-electron chi connectivity index (χ3n) is 4.79. The molecule has 1 aromatic rings. The molecule has 0 aromatic heterocycles. The molecule has 1 aromatic carbocycles. The van der Waals surface area contributed by atoms with E-state index in [1.807, 2.05) is 6.07 Å². The number of halogens is 2. The van der Waals surface area contributed by atoms with Crippen LogP contribution in [0.15, 0.2) is 23.1 Å². The molecule has 0 radical (unpaired) electrons. The van der Waals surface area contributed by atoms with Crippen molar-refractivity contribution in [3.63, 3.8) is 0 Å². The molecule has 0 spiro atoms. The highest BCUT2D eigenvalue weighted by Gasteiger charge is 2.41. The summed E-state index contributed by atoms with van der Waals surface area (Å²) in [5.41, 5.74) is 0.425. The van der Waals surface area contributed by atoms with Gasteiger partial charge in [-0.3, -0.25) is 4.79 Å². The molecule has 1 atom stereocenters. The number of hydrogen-bond acceptors (Lipinski definition) is 4. The van der Waals surface area contributed by atoms with Crippen LogP contribution >= 0.6 is 24.2 Å². The predicted molar refractivity (Wildman–Crippen MR) is 96.3 cm³/mol. The summed E-state index contributed by atoms with van der Waals surface area (Å²) < 4.78 is 19.3. The summed E-state index contributed by atoms with van der Waals surface area (Å²) in [5.74, 6) is 0.658. The second-order valence-corrected chi connectivity index (χ2v) is 7.39. The van der Waals surface area contributed by atoms with Crippen molar-refractivity contribution in [3.05, 3.63) is 29.6 Å². The Morgan fingerprint density at radius 3 is 2.92 bits per heavy atom. The van der Waals surface area contributed by atoms with Gasteiger partial charge in [0.2, 0.25) is 5.91 Å². The van der Waals surface area contributed by atoms with Crippen molar-refractivity contribution in [3.8, 4) is 0 Å². The quantitative estimate of drug-likeness (QED) is 0.850. The number of amides is 1. The lowest BCUT2D eigenvalue weighted by molar-refractivity contribution is -0.137. The Morgan fingerprint density at radius 2 is 2.21 bits per heavy atom. The maximum atomic E-state index is 14.0. The molecular weight excluding hydrogens is 351 g/mol. The zero-order valence-electron chi connectivity index (χ0n) is 13.8. The number of carbonyl (C=O) groups is 1. The highest BCUT2D eigenvalue weighted by molar-refractivity contribution is 7.99. The van der Waals surface area contributed by atoms with E-state index in [-0.39, 0.29) is 30.2 Å². The summed E-state index contributed by atoms with van der Waals surface area (Å²) in [6, 6.07) is 5.00. The molecule has 2 aliphatic heterocycles. The van der Waals surface area contributed by atoms with Gasteiger partial charge in [0.25, 0.3) is 0 Å². The molecule has 1 amide bonds. The van der Waals surface area contributed by atoms with Crippen LogP contribution in [0.5, 0.6) is 0 Å². The third kappa shape index (κ3) is 3.87. The topological polar surface area (TPSA) is 50.4 Å². The standard InChI is InChI=1S/C17H23FN2O2S.ClH/c1-22-11-17(6-8-19-9-7-17)16(21)20-14-5-10-23-15-12(14)3-2-4-13(15)18;/h2-4,14,19H,5-11H2,1H3,(H,20,21);1H. The van der Waals surface area contributed by atoms with Gasteiger partial charge >= 0.3 is 0 Å². The lowest BCUT2D eigenvalue weighted by Crippen LogP contribution is -2.51. The fraction of sp³-hybridized carbons (Fsp3) is 0.588. The van der Waals surface area contributed by atoms with Gasteiger partial charge in [0.1, 0.15) is 5.82 Å². The number of benzene rings is 1. The van der Waals surface area contributed by atoms with Crippen molar-refractivity contribution in [1.82, 2.24) is 10.6 Å². The summed E-state index contributed by atoms with van der Waals surface area (Å²) in [5, 5.41) is 6.46. The molecule has 2 N–H and O–H groups in total. The molecule has 1 saturated heterocycles. The van der Waals surface area contributed by atoms with Crippen molar-refractivity contribution in [1.29, 1.82) is 0 Å². The fourth-order valence-electron chi connectivity index (χ4n) is 3.47. The molecule has 24 heavy (non-hydrogen) atoms.